The molecule has 1 amide bonds. The van der Waals surface area contributed by atoms with Gasteiger partial charge in [-0.2, -0.15) is 0 Å². The number of aliphatic hydroxyl groups is 2. The van der Waals surface area contributed by atoms with Gasteiger partial charge in [0.2, 0.25) is 5.91 Å². The first-order valence-electron chi connectivity index (χ1n) is 34.4. The van der Waals surface area contributed by atoms with Gasteiger partial charge in [0.05, 0.1) is 25.4 Å². The SMILES string of the molecule is CCCCCCCCCCCCCCCCCCCCCCCCCC(O)C(CO)NC(=O)CCCCCCC/C=C\CCCCCCCCCCCOC(=O)CCCCCCCCCCCCCCCCCCC. The molecule has 0 aromatic rings. The van der Waals surface area contributed by atoms with Crippen LogP contribution < -0.4 is 5.32 Å². The number of hydrogen-bond donors (Lipinski definition) is 3. The second-order valence-electron chi connectivity index (χ2n) is 23.9. The molecule has 3 N–H and O–H groups in total. The van der Waals surface area contributed by atoms with Crippen LogP contribution in [0.4, 0.5) is 0 Å². The Labute approximate surface area is 469 Å². The molecule has 0 aromatic heterocycles. The van der Waals surface area contributed by atoms with E-state index in [1.165, 1.54) is 308 Å². The maximum absolute atomic E-state index is 12.5. The molecule has 0 rings (SSSR count). The average Bonchev–Trinajstić information content (AvgIpc) is 3.41. The maximum atomic E-state index is 12.5. The van der Waals surface area contributed by atoms with E-state index in [1.807, 2.05) is 0 Å². The molecule has 6 heteroatoms. The summed E-state index contributed by atoms with van der Waals surface area (Å²) in [6.45, 7) is 4.98. The molecule has 0 aliphatic carbocycles. The Kier molecular flexibility index (Phi) is 63.9. The standard InChI is InChI=1S/C69H135NO5/c1-3-5-7-9-11-13-15-17-19-21-22-23-24-25-26-30-33-37-41-45-49-53-57-61-67(72)66(65-71)70-68(73)62-58-54-50-46-42-38-34-31-27-28-32-36-40-44-48-52-56-60-64-75-69(74)63-59-55-51-47-43-39-35-29-20-18-16-14-12-10-8-6-4-2/h31,34,66-67,71-72H,3-30,32-33,35-65H2,1-2H3,(H,70,73)/b34-31-. The molecule has 6 nitrogen and oxygen atoms in total. The molecular weight excluding hydrogens is 923 g/mol. The highest BCUT2D eigenvalue weighted by Gasteiger charge is 2.20. The molecule has 0 heterocycles. The van der Waals surface area contributed by atoms with Crippen LogP contribution in [0.2, 0.25) is 0 Å². The minimum absolute atomic E-state index is 0.00829. The fourth-order valence-corrected chi connectivity index (χ4v) is 11.1. The van der Waals surface area contributed by atoms with E-state index in [2.05, 4.69) is 31.3 Å². The van der Waals surface area contributed by atoms with Crippen LogP contribution in [0.15, 0.2) is 12.2 Å². The lowest BCUT2D eigenvalue weighted by Crippen LogP contribution is -2.45. The Hall–Kier alpha value is -1.40. The van der Waals surface area contributed by atoms with E-state index in [0.717, 1.165) is 51.4 Å². The van der Waals surface area contributed by atoms with Gasteiger partial charge in [-0.05, 0) is 51.4 Å². The Morgan fingerprint density at radius 2 is 0.627 bits per heavy atom. The third-order valence-corrected chi connectivity index (χ3v) is 16.3. The molecule has 75 heavy (non-hydrogen) atoms. The number of nitrogens with one attached hydrogen (secondary N) is 1. The Balaban J connectivity index is 3.42. The van der Waals surface area contributed by atoms with Gasteiger partial charge in [0.25, 0.3) is 0 Å². The zero-order valence-corrected chi connectivity index (χ0v) is 51.1. The monoisotopic (exact) mass is 1060 g/mol. The van der Waals surface area contributed by atoms with Crippen molar-refractivity contribution in [3.05, 3.63) is 12.2 Å². The average molecular weight is 1060 g/mol. The minimum Gasteiger partial charge on any atom is -0.466 e. The van der Waals surface area contributed by atoms with Gasteiger partial charge in [-0.3, -0.25) is 9.59 Å². The summed E-state index contributed by atoms with van der Waals surface area (Å²) in [7, 11) is 0. The second kappa shape index (κ2) is 65.1. The van der Waals surface area contributed by atoms with E-state index in [1.54, 1.807) is 0 Å². The van der Waals surface area contributed by atoms with E-state index in [-0.39, 0.29) is 18.5 Å². The van der Waals surface area contributed by atoms with Gasteiger partial charge in [-0.1, -0.05) is 341 Å². The van der Waals surface area contributed by atoms with Crippen LogP contribution in [0.25, 0.3) is 0 Å². The maximum Gasteiger partial charge on any atom is 0.305 e. The van der Waals surface area contributed by atoms with Gasteiger partial charge >= 0.3 is 5.97 Å². The summed E-state index contributed by atoms with van der Waals surface area (Å²) in [5.41, 5.74) is 0. The molecule has 0 aliphatic rings. The van der Waals surface area contributed by atoms with Gasteiger partial charge in [0.15, 0.2) is 0 Å². The number of ether oxygens (including phenoxy) is 1. The number of aliphatic hydroxyl groups excluding tert-OH is 2. The summed E-state index contributed by atoms with van der Waals surface area (Å²) in [6, 6.07) is -0.552. The van der Waals surface area contributed by atoms with E-state index in [4.69, 9.17) is 4.74 Å². The lowest BCUT2D eigenvalue weighted by atomic mass is 10.0. The number of carbonyl (C=O) groups is 2. The summed E-state index contributed by atoms with van der Waals surface area (Å²) < 4.78 is 5.50. The van der Waals surface area contributed by atoms with Crippen molar-refractivity contribution >= 4 is 11.9 Å². The van der Waals surface area contributed by atoms with Crippen LogP contribution in [0.3, 0.4) is 0 Å². The molecule has 0 fully saturated rings. The number of amides is 1. The number of hydrogen-bond acceptors (Lipinski definition) is 5. The van der Waals surface area contributed by atoms with Crippen LogP contribution >= 0.6 is 0 Å². The first-order valence-corrected chi connectivity index (χ1v) is 34.4. The molecule has 2 unspecified atom stereocenters. The van der Waals surface area contributed by atoms with Gasteiger partial charge < -0.3 is 20.3 Å². The predicted molar refractivity (Wildman–Crippen MR) is 329 cm³/mol. The highest BCUT2D eigenvalue weighted by molar-refractivity contribution is 5.76. The third-order valence-electron chi connectivity index (χ3n) is 16.3. The molecule has 0 radical (unpaired) electrons. The molecule has 446 valence electrons. The normalized spacial score (nSPS) is 12.5. The fraction of sp³-hybridized carbons (Fsp3) is 0.942. The Morgan fingerprint density at radius 1 is 0.360 bits per heavy atom. The van der Waals surface area contributed by atoms with Crippen LogP contribution in [0.5, 0.6) is 0 Å². The zero-order valence-electron chi connectivity index (χ0n) is 51.1. The van der Waals surface area contributed by atoms with Crippen molar-refractivity contribution in [2.24, 2.45) is 0 Å². The molecule has 2 atom stereocenters. The van der Waals surface area contributed by atoms with Crippen molar-refractivity contribution in [2.75, 3.05) is 13.2 Å². The quantitative estimate of drug-likeness (QED) is 0.0320. The van der Waals surface area contributed by atoms with Crippen molar-refractivity contribution in [3.63, 3.8) is 0 Å². The van der Waals surface area contributed by atoms with Gasteiger partial charge in [0, 0.05) is 12.8 Å². The van der Waals surface area contributed by atoms with Crippen LogP contribution in [-0.2, 0) is 14.3 Å². The summed E-state index contributed by atoms with van der Waals surface area (Å²) in [5.74, 6) is -0.0360. The smallest absolute Gasteiger partial charge is 0.305 e. The number of unbranched alkanes of at least 4 members (excludes halogenated alkanes) is 52. The van der Waals surface area contributed by atoms with E-state index < -0.39 is 12.1 Å². The zero-order chi connectivity index (χ0) is 54.3. The molecule has 0 spiro atoms. The summed E-state index contributed by atoms with van der Waals surface area (Å²) >= 11 is 0. The van der Waals surface area contributed by atoms with E-state index in [0.29, 0.717) is 25.9 Å². The minimum atomic E-state index is -0.674. The fourth-order valence-electron chi connectivity index (χ4n) is 11.1. The van der Waals surface area contributed by atoms with Gasteiger partial charge in [-0.15, -0.1) is 0 Å². The number of carbonyl (C=O) groups excluding carboxylic acids is 2. The van der Waals surface area contributed by atoms with Crippen molar-refractivity contribution in [2.45, 2.75) is 405 Å². The largest absolute Gasteiger partial charge is 0.466 e. The first kappa shape index (κ1) is 73.6. The van der Waals surface area contributed by atoms with Crippen molar-refractivity contribution in [3.8, 4) is 0 Å². The van der Waals surface area contributed by atoms with Crippen molar-refractivity contribution in [1.29, 1.82) is 0 Å². The molecule has 0 aliphatic heterocycles. The highest BCUT2D eigenvalue weighted by Crippen LogP contribution is 2.19. The number of rotatable bonds is 65. The van der Waals surface area contributed by atoms with E-state index in [9.17, 15) is 19.8 Å². The van der Waals surface area contributed by atoms with Gasteiger partial charge in [-0.25, -0.2) is 0 Å². The van der Waals surface area contributed by atoms with Crippen molar-refractivity contribution in [1.82, 2.24) is 5.32 Å². The predicted octanol–water partition coefficient (Wildman–Crippen LogP) is 22.0. The lowest BCUT2D eigenvalue weighted by Gasteiger charge is -2.22. The van der Waals surface area contributed by atoms with Crippen LogP contribution in [-0.4, -0.2) is 47.4 Å². The van der Waals surface area contributed by atoms with Crippen LogP contribution in [0.1, 0.15) is 393 Å². The third kappa shape index (κ3) is 61.7. The Morgan fingerprint density at radius 3 is 0.947 bits per heavy atom. The van der Waals surface area contributed by atoms with Crippen molar-refractivity contribution < 1.29 is 24.5 Å². The first-order chi connectivity index (χ1) is 37.0. The molecule has 0 aromatic carbocycles. The number of esters is 1. The lowest BCUT2D eigenvalue weighted by molar-refractivity contribution is -0.143. The molecule has 0 saturated heterocycles. The van der Waals surface area contributed by atoms with E-state index >= 15 is 0 Å². The topological polar surface area (TPSA) is 95.9 Å². The Bertz CT molecular complexity index is 1130. The molecular formula is C69H135NO5. The summed E-state index contributed by atoms with van der Waals surface area (Å²) in [6.07, 6.45) is 79.6. The van der Waals surface area contributed by atoms with Crippen LogP contribution in [0, 0.1) is 0 Å². The molecule has 0 saturated carbocycles. The summed E-state index contributed by atoms with van der Waals surface area (Å²) in [4.78, 5) is 24.6. The highest BCUT2D eigenvalue weighted by atomic mass is 16.5. The summed E-state index contributed by atoms with van der Waals surface area (Å²) in [5, 5.41) is 23.4. The molecule has 0 bridgehead atoms. The second-order valence-corrected chi connectivity index (χ2v) is 23.9. The number of allylic oxidation sites excluding steroid dienone is 2. The van der Waals surface area contributed by atoms with Gasteiger partial charge in [0.1, 0.15) is 0 Å².